The molecule has 1 aliphatic rings. The van der Waals surface area contributed by atoms with Gasteiger partial charge in [0.1, 0.15) is 11.5 Å². The molecular weight excluding hydrogens is 462 g/mol. The molecule has 0 aliphatic heterocycles. The highest BCUT2D eigenvalue weighted by Crippen LogP contribution is 2.36. The molecule has 0 bridgehead atoms. The summed E-state index contributed by atoms with van der Waals surface area (Å²) in [5.74, 6) is -1.79. The number of esters is 1. The number of rotatable bonds is 6. The minimum absolute atomic E-state index is 0.0410. The van der Waals surface area contributed by atoms with Crippen LogP contribution in [0.15, 0.2) is 54.6 Å². The van der Waals surface area contributed by atoms with Gasteiger partial charge in [0.05, 0.1) is 30.5 Å². The van der Waals surface area contributed by atoms with E-state index in [1.807, 2.05) is 0 Å². The van der Waals surface area contributed by atoms with Crippen LogP contribution in [0.3, 0.4) is 0 Å². The predicted molar refractivity (Wildman–Crippen MR) is 123 cm³/mol. The van der Waals surface area contributed by atoms with Crippen LogP contribution < -0.4 is 14.8 Å². The van der Waals surface area contributed by atoms with Gasteiger partial charge in [-0.2, -0.15) is 0 Å². The highest BCUT2D eigenvalue weighted by molar-refractivity contribution is 6.32. The lowest BCUT2D eigenvalue weighted by Crippen LogP contribution is -2.26. The van der Waals surface area contributed by atoms with E-state index in [2.05, 4.69) is 5.32 Å². The molecule has 3 aromatic carbocycles. The predicted octanol–water partition coefficient (Wildman–Crippen LogP) is 3.93. The van der Waals surface area contributed by atoms with Gasteiger partial charge in [0, 0.05) is 34.4 Å². The summed E-state index contributed by atoms with van der Waals surface area (Å²) in [5, 5.41) is 2.85. The van der Waals surface area contributed by atoms with Crippen molar-refractivity contribution in [1.29, 1.82) is 0 Å². The summed E-state index contributed by atoms with van der Waals surface area (Å²) in [6.45, 7) is -0.644. The van der Waals surface area contributed by atoms with Crippen LogP contribution in [0.5, 0.6) is 11.5 Å². The molecule has 9 heteroatoms. The standard InChI is InChI=1S/C25H18ClNO7/c1-32-19-11-18(20(33-2)10-17(19)26)27-21(28)12-34-25(31)16-9-5-8-15-22(16)24(30)14-7-4-3-6-13(14)23(15)29/h3-11H,12H2,1-2H3,(H,27,28). The van der Waals surface area contributed by atoms with E-state index in [9.17, 15) is 19.2 Å². The molecule has 34 heavy (non-hydrogen) atoms. The average molecular weight is 480 g/mol. The first kappa shape index (κ1) is 23.0. The van der Waals surface area contributed by atoms with Crippen LogP contribution >= 0.6 is 11.6 Å². The van der Waals surface area contributed by atoms with Gasteiger partial charge in [-0.3, -0.25) is 14.4 Å². The van der Waals surface area contributed by atoms with Crippen LogP contribution in [0.1, 0.15) is 42.2 Å². The first-order chi connectivity index (χ1) is 16.3. The molecule has 4 rings (SSSR count). The third-order valence-electron chi connectivity index (χ3n) is 5.25. The highest BCUT2D eigenvalue weighted by atomic mass is 35.5. The SMILES string of the molecule is COc1cc(NC(=O)COC(=O)c2cccc3c2C(=O)c2ccccc2C3=O)c(OC)cc1Cl. The third-order valence-corrected chi connectivity index (χ3v) is 5.55. The number of nitrogens with one attached hydrogen (secondary N) is 1. The molecule has 1 amide bonds. The van der Waals surface area contributed by atoms with Gasteiger partial charge in [0.25, 0.3) is 5.91 Å². The van der Waals surface area contributed by atoms with Crippen LogP contribution in [0.25, 0.3) is 0 Å². The Morgan fingerprint density at radius 1 is 0.853 bits per heavy atom. The smallest absolute Gasteiger partial charge is 0.339 e. The number of ketones is 2. The Labute approximate surface area is 199 Å². The maximum Gasteiger partial charge on any atom is 0.339 e. The lowest BCUT2D eigenvalue weighted by molar-refractivity contribution is -0.119. The van der Waals surface area contributed by atoms with Crippen LogP contribution in [-0.4, -0.2) is 44.3 Å². The number of carbonyl (C=O) groups excluding carboxylic acids is 4. The van der Waals surface area contributed by atoms with Gasteiger partial charge in [-0.05, 0) is 6.07 Å². The summed E-state index contributed by atoms with van der Waals surface area (Å²) in [6, 6.07) is 13.7. The average Bonchev–Trinajstić information content (AvgIpc) is 2.86. The summed E-state index contributed by atoms with van der Waals surface area (Å²) in [7, 11) is 2.83. The van der Waals surface area contributed by atoms with E-state index in [-0.39, 0.29) is 45.0 Å². The monoisotopic (exact) mass is 479 g/mol. The van der Waals surface area contributed by atoms with E-state index in [1.165, 1.54) is 50.6 Å². The molecule has 0 saturated carbocycles. The van der Waals surface area contributed by atoms with Crippen LogP contribution in [0.4, 0.5) is 5.69 Å². The lowest BCUT2D eigenvalue weighted by atomic mass is 9.82. The van der Waals surface area contributed by atoms with Gasteiger partial charge in [0.15, 0.2) is 18.2 Å². The Balaban J connectivity index is 1.53. The molecule has 0 unspecified atom stereocenters. The van der Waals surface area contributed by atoms with Gasteiger partial charge >= 0.3 is 5.97 Å². The molecular formula is C25H18ClNO7. The van der Waals surface area contributed by atoms with Gasteiger partial charge < -0.3 is 19.5 Å². The Morgan fingerprint density at radius 3 is 2.18 bits per heavy atom. The van der Waals surface area contributed by atoms with Gasteiger partial charge in [-0.15, -0.1) is 0 Å². The zero-order valence-corrected chi connectivity index (χ0v) is 18.9. The maximum atomic E-state index is 13.0. The van der Waals surface area contributed by atoms with Gasteiger partial charge in [-0.25, -0.2) is 4.79 Å². The van der Waals surface area contributed by atoms with Crippen molar-refractivity contribution < 1.29 is 33.4 Å². The zero-order chi connectivity index (χ0) is 24.4. The molecule has 0 saturated heterocycles. The zero-order valence-electron chi connectivity index (χ0n) is 18.1. The number of amides is 1. The molecule has 8 nitrogen and oxygen atoms in total. The number of halogens is 1. The molecule has 0 fully saturated rings. The molecule has 172 valence electrons. The summed E-state index contributed by atoms with van der Waals surface area (Å²) in [5.41, 5.74) is 0.725. The van der Waals surface area contributed by atoms with E-state index in [1.54, 1.807) is 18.2 Å². The topological polar surface area (TPSA) is 108 Å². The van der Waals surface area contributed by atoms with Crippen molar-refractivity contribution in [3.05, 3.63) is 87.4 Å². The number of ether oxygens (including phenoxy) is 3. The number of fused-ring (bicyclic) bond motifs is 2. The highest BCUT2D eigenvalue weighted by Gasteiger charge is 2.33. The van der Waals surface area contributed by atoms with Crippen molar-refractivity contribution >= 4 is 40.7 Å². The molecule has 0 atom stereocenters. The maximum absolute atomic E-state index is 13.0. The Morgan fingerprint density at radius 2 is 1.50 bits per heavy atom. The Bertz CT molecular complexity index is 1350. The molecule has 0 spiro atoms. The second-order valence-corrected chi connectivity index (χ2v) is 7.65. The Hall–Kier alpha value is -4.17. The summed E-state index contributed by atoms with van der Waals surface area (Å²) in [4.78, 5) is 51.1. The number of anilines is 1. The van der Waals surface area contributed by atoms with E-state index in [4.69, 9.17) is 25.8 Å². The molecule has 1 N–H and O–H groups in total. The first-order valence-corrected chi connectivity index (χ1v) is 10.4. The molecule has 0 radical (unpaired) electrons. The second kappa shape index (κ2) is 9.36. The number of hydrogen-bond acceptors (Lipinski definition) is 7. The summed E-state index contributed by atoms with van der Waals surface area (Å²) >= 11 is 6.06. The van der Waals surface area contributed by atoms with E-state index < -0.39 is 24.3 Å². The van der Waals surface area contributed by atoms with Crippen molar-refractivity contribution in [2.75, 3.05) is 26.1 Å². The number of carbonyl (C=O) groups is 4. The van der Waals surface area contributed by atoms with Crippen LogP contribution in [0, 0.1) is 0 Å². The van der Waals surface area contributed by atoms with E-state index >= 15 is 0 Å². The van der Waals surface area contributed by atoms with E-state index in [0.29, 0.717) is 10.8 Å². The quantitative estimate of drug-likeness (QED) is 0.417. The number of methoxy groups -OCH3 is 2. The van der Waals surface area contributed by atoms with Crippen molar-refractivity contribution in [2.45, 2.75) is 0 Å². The van der Waals surface area contributed by atoms with Crippen molar-refractivity contribution in [3.8, 4) is 11.5 Å². The molecule has 3 aromatic rings. The van der Waals surface area contributed by atoms with Crippen LogP contribution in [0.2, 0.25) is 5.02 Å². The molecule has 1 aliphatic carbocycles. The fourth-order valence-corrected chi connectivity index (χ4v) is 3.90. The van der Waals surface area contributed by atoms with Gasteiger partial charge in [-0.1, -0.05) is 48.0 Å². The van der Waals surface area contributed by atoms with E-state index in [0.717, 1.165) is 0 Å². The molecule has 0 heterocycles. The largest absolute Gasteiger partial charge is 0.495 e. The lowest BCUT2D eigenvalue weighted by Gasteiger charge is -2.19. The normalized spacial score (nSPS) is 11.9. The third kappa shape index (κ3) is 4.11. The fourth-order valence-electron chi connectivity index (χ4n) is 3.67. The van der Waals surface area contributed by atoms with Gasteiger partial charge in [0.2, 0.25) is 0 Å². The van der Waals surface area contributed by atoms with Crippen molar-refractivity contribution in [3.63, 3.8) is 0 Å². The van der Waals surface area contributed by atoms with Crippen molar-refractivity contribution in [1.82, 2.24) is 0 Å². The van der Waals surface area contributed by atoms with Crippen molar-refractivity contribution in [2.24, 2.45) is 0 Å². The minimum Gasteiger partial charge on any atom is -0.495 e. The first-order valence-electron chi connectivity index (χ1n) is 10.1. The second-order valence-electron chi connectivity index (χ2n) is 7.24. The minimum atomic E-state index is -0.909. The Kier molecular flexibility index (Phi) is 6.34. The number of benzene rings is 3. The fraction of sp³-hybridized carbons (Fsp3) is 0.120. The summed E-state index contributed by atoms with van der Waals surface area (Å²) in [6.07, 6.45) is 0. The summed E-state index contributed by atoms with van der Waals surface area (Å²) < 4.78 is 15.5. The van der Waals surface area contributed by atoms with Crippen LogP contribution in [-0.2, 0) is 9.53 Å². The number of hydrogen-bond donors (Lipinski definition) is 1. The molecule has 0 aromatic heterocycles.